The Morgan fingerprint density at radius 3 is 2.25 bits per heavy atom. The summed E-state index contributed by atoms with van der Waals surface area (Å²) in [6.45, 7) is 16.9. The van der Waals surface area contributed by atoms with E-state index in [4.69, 9.17) is 4.74 Å². The van der Waals surface area contributed by atoms with Crippen molar-refractivity contribution in [2.45, 2.75) is 80.2 Å². The average Bonchev–Trinajstić information content (AvgIpc) is 2.85. The molecule has 1 aliphatic heterocycles. The second-order valence-corrected chi connectivity index (χ2v) is 10.7. The highest BCUT2D eigenvalue weighted by atomic mass is 16.5. The van der Waals surface area contributed by atoms with E-state index in [1.54, 1.807) is 0 Å². The van der Waals surface area contributed by atoms with E-state index < -0.39 is 5.41 Å². The smallest absolute Gasteiger partial charge is 0.228 e. The van der Waals surface area contributed by atoms with Gasteiger partial charge in [0.1, 0.15) is 0 Å². The maximum atomic E-state index is 13.3. The Morgan fingerprint density at radius 1 is 1.18 bits per heavy atom. The number of rotatable bonds is 6. The molecule has 5 heteroatoms. The minimum Gasteiger partial charge on any atom is -0.381 e. The van der Waals surface area contributed by atoms with E-state index in [2.05, 4.69) is 33.0 Å². The topological polar surface area (TPSA) is 58.6 Å². The van der Waals surface area contributed by atoms with Gasteiger partial charge in [0.15, 0.2) is 0 Å². The molecule has 2 rings (SSSR count). The molecule has 1 saturated heterocycles. The van der Waals surface area contributed by atoms with Crippen molar-refractivity contribution < 1.29 is 14.3 Å². The van der Waals surface area contributed by atoms with E-state index in [-0.39, 0.29) is 28.7 Å². The highest BCUT2D eigenvalue weighted by molar-refractivity contribution is 5.84. The number of nitrogens with one attached hydrogen (secondary N) is 1. The zero-order valence-corrected chi connectivity index (χ0v) is 19.4. The Hall–Kier alpha value is -1.10. The number of hydrogen-bond donors (Lipinski definition) is 1. The van der Waals surface area contributed by atoms with Crippen molar-refractivity contribution in [3.05, 3.63) is 0 Å². The third kappa shape index (κ3) is 4.24. The fourth-order valence-electron chi connectivity index (χ4n) is 5.09. The van der Waals surface area contributed by atoms with Gasteiger partial charge in [-0.05, 0) is 49.9 Å². The Labute approximate surface area is 172 Å². The molecular formula is C23H42N2O3. The minimum atomic E-state index is -0.421. The van der Waals surface area contributed by atoms with Crippen LogP contribution in [0, 0.1) is 28.1 Å². The van der Waals surface area contributed by atoms with E-state index in [9.17, 15) is 9.59 Å². The van der Waals surface area contributed by atoms with Crippen molar-refractivity contribution in [1.82, 2.24) is 10.2 Å². The molecule has 1 saturated carbocycles. The molecule has 0 radical (unpaired) electrons. The van der Waals surface area contributed by atoms with Crippen LogP contribution >= 0.6 is 0 Å². The summed E-state index contributed by atoms with van der Waals surface area (Å²) in [5, 5.41) is 3.16. The van der Waals surface area contributed by atoms with Crippen LogP contribution in [0.3, 0.4) is 0 Å². The third-order valence-electron chi connectivity index (χ3n) is 8.30. The first kappa shape index (κ1) is 23.2. The number of amides is 2. The van der Waals surface area contributed by atoms with Crippen molar-refractivity contribution in [2.24, 2.45) is 28.1 Å². The number of nitrogens with zero attached hydrogens (tertiary/aromatic N) is 1. The zero-order valence-electron chi connectivity index (χ0n) is 19.4. The van der Waals surface area contributed by atoms with Crippen LogP contribution in [-0.4, -0.2) is 49.6 Å². The van der Waals surface area contributed by atoms with E-state index in [0.29, 0.717) is 18.4 Å². The molecule has 1 unspecified atom stereocenters. The standard InChI is InChI=1S/C23H42N2O3/c1-16-9-12-23(7,22(16,5)6)20(27)25(8)15-17(2)24-19(26)21(3,4)18-10-13-28-14-11-18/h16-18H,9-15H2,1-8H3,(H,24,26)/t16-,17?,23-/m0/s1. The normalized spacial score (nSPS) is 29.4. The lowest BCUT2D eigenvalue weighted by atomic mass is 9.65. The molecule has 162 valence electrons. The largest absolute Gasteiger partial charge is 0.381 e. The van der Waals surface area contributed by atoms with Gasteiger partial charge in [0, 0.05) is 38.3 Å². The number of likely N-dealkylation sites (N-methyl/N-ethyl adjacent to an activating group) is 1. The molecule has 0 aromatic heterocycles. The van der Waals surface area contributed by atoms with Gasteiger partial charge >= 0.3 is 0 Å². The number of carbonyl (C=O) groups is 2. The molecule has 0 aromatic rings. The second kappa shape index (κ2) is 8.33. The molecule has 3 atom stereocenters. The van der Waals surface area contributed by atoms with Crippen LogP contribution < -0.4 is 5.32 Å². The van der Waals surface area contributed by atoms with Crippen LogP contribution in [0.1, 0.15) is 74.1 Å². The predicted molar refractivity (Wildman–Crippen MR) is 113 cm³/mol. The molecule has 1 heterocycles. The number of carbonyl (C=O) groups excluding carboxylic acids is 2. The van der Waals surface area contributed by atoms with Gasteiger partial charge in [-0.1, -0.05) is 41.5 Å². The van der Waals surface area contributed by atoms with Crippen molar-refractivity contribution in [2.75, 3.05) is 26.8 Å². The summed E-state index contributed by atoms with van der Waals surface area (Å²) in [5.74, 6) is 1.15. The lowest BCUT2D eigenvalue weighted by Crippen LogP contribution is -2.53. The maximum Gasteiger partial charge on any atom is 0.228 e. The van der Waals surface area contributed by atoms with Crippen molar-refractivity contribution in [1.29, 1.82) is 0 Å². The summed E-state index contributed by atoms with van der Waals surface area (Å²) in [6.07, 6.45) is 3.88. The van der Waals surface area contributed by atoms with Gasteiger partial charge in [0.25, 0.3) is 0 Å². The van der Waals surface area contributed by atoms with E-state index in [1.165, 1.54) is 0 Å². The summed E-state index contributed by atoms with van der Waals surface area (Å²) in [7, 11) is 1.87. The zero-order chi connectivity index (χ0) is 21.3. The molecule has 0 spiro atoms. The molecule has 1 N–H and O–H groups in total. The van der Waals surface area contributed by atoms with Crippen LogP contribution in [0.5, 0.6) is 0 Å². The maximum absolute atomic E-state index is 13.3. The van der Waals surface area contributed by atoms with Gasteiger partial charge in [0.05, 0.1) is 5.41 Å². The highest BCUT2D eigenvalue weighted by Gasteiger charge is 2.55. The molecule has 28 heavy (non-hydrogen) atoms. The Bertz CT molecular complexity index is 580. The summed E-state index contributed by atoms with van der Waals surface area (Å²) in [5.41, 5.74) is -0.780. The highest BCUT2D eigenvalue weighted by Crippen LogP contribution is 2.56. The number of hydrogen-bond acceptors (Lipinski definition) is 3. The first-order valence-corrected chi connectivity index (χ1v) is 11.0. The fraction of sp³-hybridized carbons (Fsp3) is 0.913. The molecule has 0 bridgehead atoms. The van der Waals surface area contributed by atoms with Gasteiger partial charge < -0.3 is 15.0 Å². The predicted octanol–water partition coefficient (Wildman–Crippen LogP) is 3.86. The van der Waals surface area contributed by atoms with Gasteiger partial charge in [-0.25, -0.2) is 0 Å². The molecule has 5 nitrogen and oxygen atoms in total. The number of ether oxygens (including phenoxy) is 1. The summed E-state index contributed by atoms with van der Waals surface area (Å²) < 4.78 is 5.44. The van der Waals surface area contributed by atoms with Gasteiger partial charge in [-0.15, -0.1) is 0 Å². The monoisotopic (exact) mass is 394 g/mol. The van der Waals surface area contributed by atoms with Crippen molar-refractivity contribution >= 4 is 11.8 Å². The van der Waals surface area contributed by atoms with Crippen LogP contribution in [0.25, 0.3) is 0 Å². The Balaban J connectivity index is 1.95. The molecule has 1 aliphatic carbocycles. The second-order valence-electron chi connectivity index (χ2n) is 10.7. The van der Waals surface area contributed by atoms with Crippen LogP contribution in [0.15, 0.2) is 0 Å². The summed E-state index contributed by atoms with van der Waals surface area (Å²) >= 11 is 0. The van der Waals surface area contributed by atoms with Crippen molar-refractivity contribution in [3.63, 3.8) is 0 Å². The molecule has 2 amide bonds. The fourth-order valence-corrected chi connectivity index (χ4v) is 5.09. The average molecular weight is 395 g/mol. The first-order chi connectivity index (χ1) is 12.8. The molecule has 2 aliphatic rings. The minimum absolute atomic E-state index is 0.0180. The van der Waals surface area contributed by atoms with E-state index in [0.717, 1.165) is 38.9 Å². The summed E-state index contributed by atoms with van der Waals surface area (Å²) in [6, 6.07) is -0.0777. The molecule has 0 aromatic carbocycles. The third-order valence-corrected chi connectivity index (χ3v) is 8.30. The quantitative estimate of drug-likeness (QED) is 0.744. The van der Waals surface area contributed by atoms with Crippen molar-refractivity contribution in [3.8, 4) is 0 Å². The summed E-state index contributed by atoms with van der Waals surface area (Å²) in [4.78, 5) is 28.1. The van der Waals surface area contributed by atoms with Gasteiger partial charge in [0.2, 0.25) is 11.8 Å². The molecule has 2 fully saturated rings. The van der Waals surface area contributed by atoms with Crippen LogP contribution in [0.2, 0.25) is 0 Å². The van der Waals surface area contributed by atoms with E-state index in [1.807, 2.05) is 32.7 Å². The SMILES string of the molecule is CC(CN(C)C(=O)[C@]1(C)CC[C@H](C)C1(C)C)NC(=O)C(C)(C)C1CCOCC1. The lowest BCUT2D eigenvalue weighted by molar-refractivity contribution is -0.147. The van der Waals surface area contributed by atoms with Crippen LogP contribution in [-0.2, 0) is 14.3 Å². The molecular weight excluding hydrogens is 352 g/mol. The van der Waals surface area contributed by atoms with Gasteiger partial charge in [-0.3, -0.25) is 9.59 Å². The van der Waals surface area contributed by atoms with E-state index >= 15 is 0 Å². The lowest BCUT2D eigenvalue weighted by Gasteiger charge is -2.42. The first-order valence-electron chi connectivity index (χ1n) is 11.0. The van der Waals surface area contributed by atoms with Gasteiger partial charge in [-0.2, -0.15) is 0 Å². The Kier molecular flexibility index (Phi) is 6.90. The Morgan fingerprint density at radius 2 is 1.75 bits per heavy atom. The van der Waals surface area contributed by atoms with Crippen LogP contribution in [0.4, 0.5) is 0 Å².